The van der Waals surface area contributed by atoms with Crippen molar-refractivity contribution in [3.8, 4) is 11.5 Å². The number of phenols is 2. The quantitative estimate of drug-likeness (QED) is 0.745. The minimum atomic E-state index is -0.171. The molecule has 1 rings (SSSR count). The number of ketones is 1. The Kier molecular flexibility index (Phi) is 4.31. The van der Waals surface area contributed by atoms with Gasteiger partial charge in [0.1, 0.15) is 11.5 Å². The third kappa shape index (κ3) is 3.24. The van der Waals surface area contributed by atoms with Crippen molar-refractivity contribution in [2.75, 3.05) is 20.1 Å². The van der Waals surface area contributed by atoms with E-state index in [0.717, 1.165) is 13.0 Å². The van der Waals surface area contributed by atoms with Gasteiger partial charge in [-0.1, -0.05) is 6.92 Å². The smallest absolute Gasteiger partial charge is 0.180 e. The molecule has 1 aromatic rings. The molecule has 0 aromatic heterocycles. The van der Waals surface area contributed by atoms with E-state index < -0.39 is 0 Å². The largest absolute Gasteiger partial charge is 0.508 e. The molecule has 2 N–H and O–H groups in total. The molecule has 16 heavy (non-hydrogen) atoms. The minimum Gasteiger partial charge on any atom is -0.508 e. The first-order valence-corrected chi connectivity index (χ1v) is 5.28. The number of carbonyl (C=O) groups is 1. The second-order valence-electron chi connectivity index (χ2n) is 3.86. The highest BCUT2D eigenvalue weighted by Crippen LogP contribution is 2.22. The number of carbonyl (C=O) groups excluding carboxylic acids is 1. The molecule has 1 aromatic carbocycles. The van der Waals surface area contributed by atoms with Crippen molar-refractivity contribution in [1.29, 1.82) is 0 Å². The zero-order valence-corrected chi connectivity index (χ0v) is 9.60. The second kappa shape index (κ2) is 5.51. The van der Waals surface area contributed by atoms with Gasteiger partial charge in [0.15, 0.2) is 5.78 Å². The van der Waals surface area contributed by atoms with Crippen molar-refractivity contribution >= 4 is 5.78 Å². The third-order valence-corrected chi connectivity index (χ3v) is 2.30. The molecule has 88 valence electrons. The van der Waals surface area contributed by atoms with E-state index in [0.29, 0.717) is 0 Å². The molecule has 0 radical (unpaired) electrons. The lowest BCUT2D eigenvalue weighted by Crippen LogP contribution is -2.26. The first-order chi connectivity index (χ1) is 7.54. The summed E-state index contributed by atoms with van der Waals surface area (Å²) >= 11 is 0. The van der Waals surface area contributed by atoms with Crippen LogP contribution in [-0.4, -0.2) is 41.0 Å². The van der Waals surface area contributed by atoms with Crippen LogP contribution in [0.25, 0.3) is 0 Å². The fourth-order valence-electron chi connectivity index (χ4n) is 1.55. The summed E-state index contributed by atoms with van der Waals surface area (Å²) in [6.07, 6.45) is 0.978. The molecule has 4 nitrogen and oxygen atoms in total. The predicted molar refractivity (Wildman–Crippen MR) is 61.9 cm³/mol. The van der Waals surface area contributed by atoms with Crippen LogP contribution in [0.4, 0.5) is 0 Å². The fraction of sp³-hybridized carbons (Fsp3) is 0.417. The number of benzene rings is 1. The lowest BCUT2D eigenvalue weighted by molar-refractivity contribution is 0.0944. The SMILES string of the molecule is CCCN(C)CC(=O)c1ccc(O)cc1O. The molecule has 0 bridgehead atoms. The van der Waals surface area contributed by atoms with Crippen LogP contribution in [0.15, 0.2) is 18.2 Å². The Labute approximate surface area is 95.1 Å². The summed E-state index contributed by atoms with van der Waals surface area (Å²) in [5.41, 5.74) is 0.251. The molecule has 0 saturated carbocycles. The number of Topliss-reactive ketones (excluding diaryl/α,β-unsaturated/α-hetero) is 1. The summed E-state index contributed by atoms with van der Waals surface area (Å²) in [5, 5.41) is 18.6. The van der Waals surface area contributed by atoms with Gasteiger partial charge in [0.2, 0.25) is 0 Å². The second-order valence-corrected chi connectivity index (χ2v) is 3.86. The van der Waals surface area contributed by atoms with Gasteiger partial charge >= 0.3 is 0 Å². The highest BCUT2D eigenvalue weighted by molar-refractivity contribution is 6.00. The van der Waals surface area contributed by atoms with Crippen LogP contribution in [0.5, 0.6) is 11.5 Å². The number of aromatic hydroxyl groups is 2. The van der Waals surface area contributed by atoms with Gasteiger partial charge in [0.25, 0.3) is 0 Å². The first kappa shape index (κ1) is 12.5. The van der Waals surface area contributed by atoms with Crippen molar-refractivity contribution < 1.29 is 15.0 Å². The Bertz CT molecular complexity index is 377. The number of rotatable bonds is 5. The Morgan fingerprint density at radius 3 is 2.62 bits per heavy atom. The Hall–Kier alpha value is -1.55. The first-order valence-electron chi connectivity index (χ1n) is 5.28. The van der Waals surface area contributed by atoms with Gasteiger partial charge in [-0.05, 0) is 32.1 Å². The van der Waals surface area contributed by atoms with E-state index in [1.165, 1.54) is 18.2 Å². The van der Waals surface area contributed by atoms with Crippen LogP contribution in [0, 0.1) is 0 Å². The molecule has 0 aliphatic heterocycles. The van der Waals surface area contributed by atoms with Crippen LogP contribution >= 0.6 is 0 Å². The summed E-state index contributed by atoms with van der Waals surface area (Å²) in [7, 11) is 1.86. The van der Waals surface area contributed by atoms with Gasteiger partial charge in [0, 0.05) is 6.07 Å². The van der Waals surface area contributed by atoms with Crippen molar-refractivity contribution in [2.45, 2.75) is 13.3 Å². The summed E-state index contributed by atoms with van der Waals surface area (Å²) in [4.78, 5) is 13.7. The van der Waals surface area contributed by atoms with E-state index in [1.54, 1.807) is 0 Å². The van der Waals surface area contributed by atoms with Crippen LogP contribution in [-0.2, 0) is 0 Å². The number of likely N-dealkylation sites (N-methyl/N-ethyl adjacent to an activating group) is 1. The van der Waals surface area contributed by atoms with E-state index in [4.69, 9.17) is 5.11 Å². The molecule has 0 aliphatic carbocycles. The molecule has 0 aliphatic rings. The molecular formula is C12H17NO3. The van der Waals surface area contributed by atoms with Crippen LogP contribution < -0.4 is 0 Å². The van der Waals surface area contributed by atoms with Gasteiger partial charge < -0.3 is 10.2 Å². The van der Waals surface area contributed by atoms with Gasteiger partial charge in [-0.3, -0.25) is 9.69 Å². The highest BCUT2D eigenvalue weighted by Gasteiger charge is 2.13. The van der Waals surface area contributed by atoms with E-state index in [1.807, 2.05) is 18.9 Å². The standard InChI is InChI=1S/C12H17NO3/c1-3-6-13(2)8-12(16)10-5-4-9(14)7-11(10)15/h4-5,7,14-15H,3,6,8H2,1-2H3. The van der Waals surface area contributed by atoms with Crippen molar-refractivity contribution in [3.63, 3.8) is 0 Å². The monoisotopic (exact) mass is 223 g/mol. The van der Waals surface area contributed by atoms with Gasteiger partial charge in [-0.25, -0.2) is 0 Å². The maximum absolute atomic E-state index is 11.8. The summed E-state index contributed by atoms with van der Waals surface area (Å²) in [6, 6.07) is 4.01. The number of nitrogens with zero attached hydrogens (tertiary/aromatic N) is 1. The van der Waals surface area contributed by atoms with Crippen molar-refractivity contribution in [2.24, 2.45) is 0 Å². The normalized spacial score (nSPS) is 10.7. The fourth-order valence-corrected chi connectivity index (χ4v) is 1.55. The lowest BCUT2D eigenvalue weighted by atomic mass is 10.1. The molecule has 0 unspecified atom stereocenters. The molecule has 4 heteroatoms. The van der Waals surface area contributed by atoms with E-state index in [2.05, 4.69) is 0 Å². The Morgan fingerprint density at radius 1 is 1.38 bits per heavy atom. The Balaban J connectivity index is 2.73. The van der Waals surface area contributed by atoms with Crippen LogP contribution in [0.2, 0.25) is 0 Å². The average Bonchev–Trinajstić information content (AvgIpc) is 2.17. The summed E-state index contributed by atoms with van der Waals surface area (Å²) in [5.74, 6) is -0.362. The zero-order valence-electron chi connectivity index (χ0n) is 9.60. The zero-order chi connectivity index (χ0) is 12.1. The van der Waals surface area contributed by atoms with Crippen molar-refractivity contribution in [3.05, 3.63) is 23.8 Å². The molecule has 0 amide bonds. The van der Waals surface area contributed by atoms with Gasteiger partial charge in [0.05, 0.1) is 12.1 Å². The molecular weight excluding hydrogens is 206 g/mol. The molecule has 0 heterocycles. The van der Waals surface area contributed by atoms with E-state index in [9.17, 15) is 9.90 Å². The number of hydrogen-bond acceptors (Lipinski definition) is 4. The summed E-state index contributed by atoms with van der Waals surface area (Å²) in [6.45, 7) is 3.15. The lowest BCUT2D eigenvalue weighted by Gasteiger charge is -2.14. The highest BCUT2D eigenvalue weighted by atomic mass is 16.3. The van der Waals surface area contributed by atoms with E-state index in [-0.39, 0.29) is 29.4 Å². The molecule has 0 fully saturated rings. The predicted octanol–water partition coefficient (Wildman–Crippen LogP) is 1.62. The third-order valence-electron chi connectivity index (χ3n) is 2.30. The van der Waals surface area contributed by atoms with Crippen LogP contribution in [0.1, 0.15) is 23.7 Å². The minimum absolute atomic E-state index is 0.0454. The topological polar surface area (TPSA) is 60.8 Å². The van der Waals surface area contributed by atoms with Gasteiger partial charge in [-0.15, -0.1) is 0 Å². The van der Waals surface area contributed by atoms with Crippen molar-refractivity contribution in [1.82, 2.24) is 4.90 Å². The number of phenolic OH excluding ortho intramolecular Hbond substituents is 2. The van der Waals surface area contributed by atoms with Gasteiger partial charge in [-0.2, -0.15) is 0 Å². The van der Waals surface area contributed by atoms with Crippen LogP contribution in [0.3, 0.4) is 0 Å². The number of hydrogen-bond donors (Lipinski definition) is 2. The molecule has 0 saturated heterocycles. The summed E-state index contributed by atoms with van der Waals surface area (Å²) < 4.78 is 0. The Morgan fingerprint density at radius 2 is 2.06 bits per heavy atom. The maximum atomic E-state index is 11.8. The van der Waals surface area contributed by atoms with E-state index >= 15 is 0 Å². The molecule has 0 atom stereocenters. The molecule has 0 spiro atoms. The maximum Gasteiger partial charge on any atom is 0.180 e. The average molecular weight is 223 g/mol.